The largest absolute Gasteiger partial charge is 0.298 e. The van der Waals surface area contributed by atoms with Gasteiger partial charge in [-0.15, -0.1) is 0 Å². The molecule has 7 heteroatoms. The molecule has 0 aliphatic rings. The van der Waals surface area contributed by atoms with Crippen molar-refractivity contribution in [1.82, 2.24) is 20.4 Å². The summed E-state index contributed by atoms with van der Waals surface area (Å²) < 4.78 is 1.39. The van der Waals surface area contributed by atoms with Gasteiger partial charge in [-0.3, -0.25) is 29.8 Å². The van der Waals surface area contributed by atoms with Gasteiger partial charge in [-0.05, 0) is 30.7 Å². The van der Waals surface area contributed by atoms with Crippen LogP contribution in [0.4, 0.5) is 0 Å². The number of para-hydroxylation sites is 1. The Morgan fingerprint density at radius 3 is 2.58 bits per heavy atom. The number of fused-ring (bicyclic) bond motifs is 1. The number of hydrogen-bond acceptors (Lipinski definition) is 4. The van der Waals surface area contributed by atoms with Crippen LogP contribution in [-0.4, -0.2) is 21.4 Å². The molecule has 0 spiro atoms. The number of nitrogens with zero attached hydrogens (tertiary/aromatic N) is 2. The number of aromatic nitrogens is 2. The van der Waals surface area contributed by atoms with Gasteiger partial charge in [0.2, 0.25) is 5.91 Å². The van der Waals surface area contributed by atoms with Crippen LogP contribution in [-0.2, 0) is 11.3 Å². The quantitative estimate of drug-likeness (QED) is 0.698. The van der Waals surface area contributed by atoms with Gasteiger partial charge < -0.3 is 0 Å². The minimum absolute atomic E-state index is 0.0357. The Bertz CT molecular complexity index is 1010. The molecule has 0 unspecified atom stereocenters. The van der Waals surface area contributed by atoms with Crippen LogP contribution in [0.2, 0.25) is 0 Å². The van der Waals surface area contributed by atoms with Crippen LogP contribution in [0.5, 0.6) is 0 Å². The van der Waals surface area contributed by atoms with Crippen LogP contribution < -0.4 is 16.4 Å². The molecular weight excluding hydrogens is 332 g/mol. The summed E-state index contributed by atoms with van der Waals surface area (Å²) in [7, 11) is 0. The third kappa shape index (κ3) is 3.77. The maximum atomic E-state index is 12.5. The monoisotopic (exact) mass is 350 g/mol. The topological polar surface area (TPSA) is 93.1 Å². The van der Waals surface area contributed by atoms with E-state index in [-0.39, 0.29) is 18.5 Å². The van der Waals surface area contributed by atoms with E-state index in [2.05, 4.69) is 15.8 Å². The summed E-state index contributed by atoms with van der Waals surface area (Å²) >= 11 is 0. The van der Waals surface area contributed by atoms with Crippen molar-refractivity contribution in [3.63, 3.8) is 0 Å². The van der Waals surface area contributed by atoms with E-state index < -0.39 is 11.8 Å². The van der Waals surface area contributed by atoms with E-state index in [1.807, 2.05) is 13.0 Å². The van der Waals surface area contributed by atoms with Gasteiger partial charge >= 0.3 is 0 Å². The van der Waals surface area contributed by atoms with Gasteiger partial charge in [-0.25, -0.2) is 4.98 Å². The highest BCUT2D eigenvalue weighted by molar-refractivity contribution is 5.95. The van der Waals surface area contributed by atoms with Gasteiger partial charge in [0.25, 0.3) is 11.5 Å². The lowest BCUT2D eigenvalue weighted by molar-refractivity contribution is -0.122. The number of rotatable bonds is 4. The molecule has 0 aliphatic carbocycles. The number of hydrazine groups is 1. The number of benzene rings is 2. The smallest absolute Gasteiger partial charge is 0.269 e. The van der Waals surface area contributed by atoms with E-state index >= 15 is 0 Å². The maximum absolute atomic E-state index is 12.5. The van der Waals surface area contributed by atoms with Gasteiger partial charge in [0.05, 0.1) is 17.2 Å². The molecule has 3 rings (SSSR count). The molecule has 0 aliphatic heterocycles. The molecule has 132 valence electrons. The SMILES string of the molecule is Cc1cccc2c(=O)n(CCC(=O)NNC(=O)c3ccccc3)cnc12. The van der Waals surface area contributed by atoms with Crippen LogP contribution >= 0.6 is 0 Å². The Balaban J connectivity index is 1.60. The minimum atomic E-state index is -0.404. The van der Waals surface area contributed by atoms with Crippen molar-refractivity contribution in [3.8, 4) is 0 Å². The molecule has 2 aromatic carbocycles. The summed E-state index contributed by atoms with van der Waals surface area (Å²) in [5, 5.41) is 0.519. The molecule has 1 heterocycles. The van der Waals surface area contributed by atoms with Crippen molar-refractivity contribution < 1.29 is 9.59 Å². The standard InChI is InChI=1S/C19H18N4O3/c1-13-6-5-9-15-17(13)20-12-23(19(15)26)11-10-16(24)21-22-18(25)14-7-3-2-4-8-14/h2-9,12H,10-11H2,1H3,(H,21,24)(H,22,25). The van der Waals surface area contributed by atoms with Gasteiger partial charge in [-0.2, -0.15) is 0 Å². The van der Waals surface area contributed by atoms with Gasteiger partial charge in [0.1, 0.15) is 0 Å². The first-order valence-corrected chi connectivity index (χ1v) is 8.15. The predicted octanol–water partition coefficient (Wildman–Crippen LogP) is 1.56. The highest BCUT2D eigenvalue weighted by atomic mass is 16.2. The molecule has 0 radical (unpaired) electrons. The van der Waals surface area contributed by atoms with Crippen LogP contribution in [0.15, 0.2) is 59.7 Å². The molecule has 3 aromatic rings. The van der Waals surface area contributed by atoms with E-state index in [9.17, 15) is 14.4 Å². The molecule has 0 fully saturated rings. The Labute approximate surface area is 149 Å². The Morgan fingerprint density at radius 2 is 1.81 bits per heavy atom. The average Bonchev–Trinajstić information content (AvgIpc) is 2.67. The molecule has 26 heavy (non-hydrogen) atoms. The number of carbonyl (C=O) groups excluding carboxylic acids is 2. The molecule has 1 aromatic heterocycles. The Hall–Kier alpha value is -3.48. The zero-order valence-corrected chi connectivity index (χ0v) is 14.2. The number of nitrogens with one attached hydrogen (secondary N) is 2. The lowest BCUT2D eigenvalue weighted by Gasteiger charge is -2.09. The molecule has 0 saturated heterocycles. The highest BCUT2D eigenvalue weighted by Gasteiger charge is 2.09. The normalized spacial score (nSPS) is 10.5. The Morgan fingerprint density at radius 1 is 1.04 bits per heavy atom. The predicted molar refractivity (Wildman–Crippen MR) is 97.4 cm³/mol. The second-order valence-electron chi connectivity index (χ2n) is 5.83. The summed E-state index contributed by atoms with van der Waals surface area (Å²) in [6, 6.07) is 14.0. The van der Waals surface area contributed by atoms with E-state index in [1.165, 1.54) is 10.9 Å². The first-order chi connectivity index (χ1) is 12.6. The van der Waals surface area contributed by atoms with Crippen molar-refractivity contribution in [2.24, 2.45) is 0 Å². The molecule has 0 bridgehead atoms. The molecule has 2 amide bonds. The summed E-state index contributed by atoms with van der Waals surface area (Å²) in [5.74, 6) is -0.801. The van der Waals surface area contributed by atoms with Crippen molar-refractivity contribution in [3.05, 3.63) is 76.3 Å². The van der Waals surface area contributed by atoms with Crippen molar-refractivity contribution in [1.29, 1.82) is 0 Å². The van der Waals surface area contributed by atoms with E-state index in [1.54, 1.807) is 42.5 Å². The van der Waals surface area contributed by atoms with Gasteiger partial charge in [0, 0.05) is 18.5 Å². The van der Waals surface area contributed by atoms with E-state index in [0.29, 0.717) is 16.5 Å². The van der Waals surface area contributed by atoms with Gasteiger partial charge in [0.15, 0.2) is 0 Å². The van der Waals surface area contributed by atoms with Crippen LogP contribution in [0.1, 0.15) is 22.3 Å². The van der Waals surface area contributed by atoms with Crippen LogP contribution in [0.25, 0.3) is 10.9 Å². The first kappa shape index (κ1) is 17.3. The second kappa shape index (κ2) is 7.60. The molecule has 7 nitrogen and oxygen atoms in total. The number of amides is 2. The maximum Gasteiger partial charge on any atom is 0.269 e. The zero-order chi connectivity index (χ0) is 18.5. The summed E-state index contributed by atoms with van der Waals surface area (Å²) in [6.45, 7) is 2.06. The van der Waals surface area contributed by atoms with Crippen molar-refractivity contribution >= 4 is 22.7 Å². The van der Waals surface area contributed by atoms with Crippen molar-refractivity contribution in [2.75, 3.05) is 0 Å². The molecule has 0 saturated carbocycles. The third-order valence-corrected chi connectivity index (χ3v) is 3.99. The fourth-order valence-corrected chi connectivity index (χ4v) is 2.57. The highest BCUT2D eigenvalue weighted by Crippen LogP contribution is 2.11. The summed E-state index contributed by atoms with van der Waals surface area (Å²) in [4.78, 5) is 40.5. The third-order valence-electron chi connectivity index (χ3n) is 3.99. The number of aryl methyl sites for hydroxylation is 2. The second-order valence-corrected chi connectivity index (χ2v) is 5.83. The van der Waals surface area contributed by atoms with E-state index in [4.69, 9.17) is 0 Å². The Kier molecular flexibility index (Phi) is 5.07. The fraction of sp³-hybridized carbons (Fsp3) is 0.158. The van der Waals surface area contributed by atoms with Crippen LogP contribution in [0, 0.1) is 6.92 Å². The van der Waals surface area contributed by atoms with Crippen LogP contribution in [0.3, 0.4) is 0 Å². The average molecular weight is 350 g/mol. The summed E-state index contributed by atoms with van der Waals surface area (Å²) in [5.41, 5.74) is 6.52. The van der Waals surface area contributed by atoms with Gasteiger partial charge in [-0.1, -0.05) is 30.3 Å². The number of carbonyl (C=O) groups is 2. The number of hydrogen-bond donors (Lipinski definition) is 2. The van der Waals surface area contributed by atoms with E-state index in [0.717, 1.165) is 5.56 Å². The molecule has 2 N–H and O–H groups in total. The lowest BCUT2D eigenvalue weighted by atomic mass is 10.1. The molecule has 0 atom stereocenters. The minimum Gasteiger partial charge on any atom is -0.298 e. The lowest BCUT2D eigenvalue weighted by Crippen LogP contribution is -2.42. The zero-order valence-electron chi connectivity index (χ0n) is 14.2. The fourth-order valence-electron chi connectivity index (χ4n) is 2.57. The first-order valence-electron chi connectivity index (χ1n) is 8.15. The van der Waals surface area contributed by atoms with Crippen molar-refractivity contribution in [2.45, 2.75) is 19.9 Å². The summed E-state index contributed by atoms with van der Waals surface area (Å²) in [6.07, 6.45) is 1.47. The molecular formula is C19H18N4O3.